The first kappa shape index (κ1) is 16.4. The monoisotopic (exact) mass is 323 g/mol. The highest BCUT2D eigenvalue weighted by Crippen LogP contribution is 2.18. The van der Waals surface area contributed by atoms with Crippen LogP contribution in [0.1, 0.15) is 17.5 Å². The second-order valence-electron chi connectivity index (χ2n) is 6.10. The summed E-state index contributed by atoms with van der Waals surface area (Å²) in [5, 5.41) is 0. The highest BCUT2D eigenvalue weighted by molar-refractivity contribution is 6.00. The molecule has 0 spiro atoms. The quantitative estimate of drug-likeness (QED) is 0.627. The normalized spacial score (nSPS) is 18.3. The van der Waals surface area contributed by atoms with E-state index >= 15 is 0 Å². The van der Waals surface area contributed by atoms with E-state index in [2.05, 4.69) is 4.90 Å². The van der Waals surface area contributed by atoms with E-state index in [1.807, 2.05) is 60.7 Å². The Labute approximate surface area is 142 Å². The van der Waals surface area contributed by atoms with Crippen LogP contribution in [0.2, 0.25) is 0 Å². The first-order valence-electron chi connectivity index (χ1n) is 8.22. The van der Waals surface area contributed by atoms with E-state index in [0.29, 0.717) is 13.0 Å². The standard InChI is InChI=1S/C20H21NO3/c22-19-14-21(13-16-7-3-1-4-8-16)12-11-18(19)20(23)24-15-17-9-5-2-6-10-17/h1-10,18H,11-15H2/t18-/m0/s1. The van der Waals surface area contributed by atoms with Gasteiger partial charge in [0.1, 0.15) is 12.5 Å². The van der Waals surface area contributed by atoms with Crippen LogP contribution in [0.3, 0.4) is 0 Å². The minimum atomic E-state index is -0.624. The Hall–Kier alpha value is -2.46. The van der Waals surface area contributed by atoms with Crippen molar-refractivity contribution in [1.82, 2.24) is 4.90 Å². The first-order chi connectivity index (χ1) is 11.7. The lowest BCUT2D eigenvalue weighted by Gasteiger charge is -2.29. The summed E-state index contributed by atoms with van der Waals surface area (Å²) in [4.78, 5) is 26.6. The van der Waals surface area contributed by atoms with Crippen molar-refractivity contribution < 1.29 is 14.3 Å². The zero-order chi connectivity index (χ0) is 16.8. The topological polar surface area (TPSA) is 46.6 Å². The molecule has 0 bridgehead atoms. The van der Waals surface area contributed by atoms with Crippen molar-refractivity contribution in [2.45, 2.75) is 19.6 Å². The summed E-state index contributed by atoms with van der Waals surface area (Å²) in [6.45, 7) is 1.99. The van der Waals surface area contributed by atoms with Crippen molar-refractivity contribution in [2.24, 2.45) is 5.92 Å². The fraction of sp³-hybridized carbons (Fsp3) is 0.300. The lowest BCUT2D eigenvalue weighted by molar-refractivity contribution is -0.155. The maximum atomic E-state index is 12.3. The number of hydrogen-bond acceptors (Lipinski definition) is 4. The molecule has 1 aliphatic heterocycles. The molecular formula is C20H21NO3. The summed E-state index contributed by atoms with van der Waals surface area (Å²) in [5.74, 6) is -1.07. The molecule has 0 radical (unpaired) electrons. The summed E-state index contributed by atoms with van der Waals surface area (Å²) in [6.07, 6.45) is 0.527. The van der Waals surface area contributed by atoms with Gasteiger partial charge in [0, 0.05) is 13.1 Å². The molecule has 1 aliphatic rings. The van der Waals surface area contributed by atoms with E-state index in [-0.39, 0.29) is 12.4 Å². The summed E-state index contributed by atoms with van der Waals surface area (Å²) < 4.78 is 5.31. The van der Waals surface area contributed by atoms with Crippen LogP contribution in [0, 0.1) is 5.92 Å². The Kier molecular flexibility index (Phi) is 5.39. The van der Waals surface area contributed by atoms with Gasteiger partial charge in [0.15, 0.2) is 5.78 Å². The van der Waals surface area contributed by atoms with Crippen molar-refractivity contribution in [2.75, 3.05) is 13.1 Å². The number of ether oxygens (including phenoxy) is 1. The zero-order valence-electron chi connectivity index (χ0n) is 13.6. The number of ketones is 1. The van der Waals surface area contributed by atoms with Gasteiger partial charge in [-0.05, 0) is 17.5 Å². The second kappa shape index (κ2) is 7.88. The van der Waals surface area contributed by atoms with Crippen LogP contribution < -0.4 is 0 Å². The smallest absolute Gasteiger partial charge is 0.316 e. The van der Waals surface area contributed by atoms with Gasteiger partial charge in [0.2, 0.25) is 0 Å². The van der Waals surface area contributed by atoms with Crippen LogP contribution in [0.5, 0.6) is 0 Å². The average molecular weight is 323 g/mol. The summed E-state index contributed by atoms with van der Waals surface area (Å²) in [5.41, 5.74) is 2.11. The molecule has 3 rings (SSSR count). The Morgan fingerprint density at radius 2 is 1.62 bits per heavy atom. The Balaban J connectivity index is 1.50. The lowest BCUT2D eigenvalue weighted by atomic mass is 9.95. The minimum absolute atomic E-state index is 0.0461. The molecule has 2 aromatic carbocycles. The molecule has 1 saturated heterocycles. The molecule has 1 fully saturated rings. The third kappa shape index (κ3) is 4.30. The van der Waals surface area contributed by atoms with Crippen LogP contribution >= 0.6 is 0 Å². The number of benzene rings is 2. The van der Waals surface area contributed by atoms with Gasteiger partial charge >= 0.3 is 5.97 Å². The predicted octanol–water partition coefficient (Wildman–Crippen LogP) is 2.82. The molecule has 0 aromatic heterocycles. The van der Waals surface area contributed by atoms with Crippen molar-refractivity contribution in [3.63, 3.8) is 0 Å². The van der Waals surface area contributed by atoms with E-state index < -0.39 is 11.9 Å². The maximum absolute atomic E-state index is 12.3. The number of rotatable bonds is 5. The number of nitrogens with zero attached hydrogens (tertiary/aromatic N) is 1. The number of likely N-dealkylation sites (tertiary alicyclic amines) is 1. The molecular weight excluding hydrogens is 302 g/mol. The highest BCUT2D eigenvalue weighted by atomic mass is 16.5. The van der Waals surface area contributed by atoms with Crippen molar-refractivity contribution in [1.29, 1.82) is 0 Å². The van der Waals surface area contributed by atoms with E-state index in [9.17, 15) is 9.59 Å². The van der Waals surface area contributed by atoms with Gasteiger partial charge in [-0.3, -0.25) is 14.5 Å². The number of carbonyl (C=O) groups is 2. The molecule has 4 heteroatoms. The summed E-state index contributed by atoms with van der Waals surface area (Å²) >= 11 is 0. The molecule has 0 N–H and O–H groups in total. The number of piperidine rings is 1. The van der Waals surface area contributed by atoms with Crippen LogP contribution in [0.15, 0.2) is 60.7 Å². The fourth-order valence-electron chi connectivity index (χ4n) is 2.94. The molecule has 0 unspecified atom stereocenters. The zero-order valence-corrected chi connectivity index (χ0v) is 13.6. The van der Waals surface area contributed by atoms with Gasteiger partial charge in [0.25, 0.3) is 0 Å². The Morgan fingerprint density at radius 1 is 1.00 bits per heavy atom. The fourth-order valence-corrected chi connectivity index (χ4v) is 2.94. The van der Waals surface area contributed by atoms with Crippen molar-refractivity contribution >= 4 is 11.8 Å². The van der Waals surface area contributed by atoms with Crippen molar-refractivity contribution in [3.8, 4) is 0 Å². The van der Waals surface area contributed by atoms with Crippen molar-refractivity contribution in [3.05, 3.63) is 71.8 Å². The largest absolute Gasteiger partial charge is 0.460 e. The number of hydrogen-bond donors (Lipinski definition) is 0. The first-order valence-corrected chi connectivity index (χ1v) is 8.22. The molecule has 0 saturated carbocycles. The van der Waals surface area contributed by atoms with Crippen LogP contribution in [-0.2, 0) is 27.5 Å². The number of carbonyl (C=O) groups excluding carboxylic acids is 2. The Morgan fingerprint density at radius 3 is 2.25 bits per heavy atom. The molecule has 1 heterocycles. The summed E-state index contributed by atoms with van der Waals surface area (Å²) in [7, 11) is 0. The predicted molar refractivity (Wildman–Crippen MR) is 91.1 cm³/mol. The van der Waals surface area contributed by atoms with E-state index in [1.54, 1.807) is 0 Å². The third-order valence-corrected chi connectivity index (χ3v) is 4.26. The molecule has 4 nitrogen and oxygen atoms in total. The summed E-state index contributed by atoms with van der Waals surface area (Å²) in [6, 6.07) is 19.6. The Bertz CT molecular complexity index is 685. The SMILES string of the molecule is O=C1CN(Cc2ccccc2)CC[C@@H]1C(=O)OCc1ccccc1. The van der Waals surface area contributed by atoms with Gasteiger partial charge < -0.3 is 4.74 Å². The molecule has 1 atom stereocenters. The van der Waals surface area contributed by atoms with Gasteiger partial charge in [-0.2, -0.15) is 0 Å². The third-order valence-electron chi connectivity index (χ3n) is 4.26. The molecule has 2 aromatic rings. The molecule has 0 amide bonds. The van der Waals surface area contributed by atoms with Crippen LogP contribution in [-0.4, -0.2) is 29.7 Å². The van der Waals surface area contributed by atoms with Crippen LogP contribution in [0.4, 0.5) is 0 Å². The van der Waals surface area contributed by atoms with Gasteiger partial charge in [-0.15, -0.1) is 0 Å². The second-order valence-corrected chi connectivity index (χ2v) is 6.10. The minimum Gasteiger partial charge on any atom is -0.460 e. The van der Waals surface area contributed by atoms with E-state index in [4.69, 9.17) is 4.74 Å². The molecule has 0 aliphatic carbocycles. The lowest BCUT2D eigenvalue weighted by Crippen LogP contribution is -2.43. The van der Waals surface area contributed by atoms with E-state index in [1.165, 1.54) is 5.56 Å². The molecule has 24 heavy (non-hydrogen) atoms. The maximum Gasteiger partial charge on any atom is 0.316 e. The number of esters is 1. The van der Waals surface area contributed by atoms with E-state index in [0.717, 1.165) is 18.7 Å². The van der Waals surface area contributed by atoms with Crippen LogP contribution in [0.25, 0.3) is 0 Å². The number of Topliss-reactive ketones (excluding diaryl/α,β-unsaturated/α-hetero) is 1. The van der Waals surface area contributed by atoms with Gasteiger partial charge in [-0.25, -0.2) is 0 Å². The van der Waals surface area contributed by atoms with Gasteiger partial charge in [0.05, 0.1) is 6.54 Å². The highest BCUT2D eigenvalue weighted by Gasteiger charge is 2.33. The average Bonchev–Trinajstić information content (AvgIpc) is 2.61. The van der Waals surface area contributed by atoms with Gasteiger partial charge in [-0.1, -0.05) is 60.7 Å². The molecule has 124 valence electrons.